The molecular weight excluding hydrogens is 144 g/mol. The molecule has 1 aromatic rings. The van der Waals surface area contributed by atoms with Crippen LogP contribution in [0.4, 0.5) is 6.01 Å². The van der Waals surface area contributed by atoms with Gasteiger partial charge in [-0.15, -0.1) is 0 Å². The monoisotopic (exact) mass is 156 g/mol. The van der Waals surface area contributed by atoms with Crippen LogP contribution in [0.5, 0.6) is 0 Å². The van der Waals surface area contributed by atoms with E-state index in [-0.39, 0.29) is 0 Å². The molecule has 0 aliphatic heterocycles. The van der Waals surface area contributed by atoms with Crippen molar-refractivity contribution in [2.24, 2.45) is 0 Å². The number of aromatic nitrogens is 2. The quantitative estimate of drug-likeness (QED) is 0.667. The number of hydrogen-bond donors (Lipinski definition) is 1. The number of hydrogen-bond acceptors (Lipinski definition) is 5. The van der Waals surface area contributed by atoms with Gasteiger partial charge in [-0.2, -0.15) is 4.98 Å². The van der Waals surface area contributed by atoms with Crippen LogP contribution >= 0.6 is 0 Å². The van der Waals surface area contributed by atoms with Crippen molar-refractivity contribution in [1.82, 2.24) is 15.0 Å². The van der Waals surface area contributed by atoms with Crippen molar-refractivity contribution in [3.63, 3.8) is 0 Å². The van der Waals surface area contributed by atoms with E-state index in [0.29, 0.717) is 6.01 Å². The predicted molar refractivity (Wildman–Crippen MR) is 41.3 cm³/mol. The van der Waals surface area contributed by atoms with E-state index >= 15 is 0 Å². The third-order valence-electron chi connectivity index (χ3n) is 1.20. The van der Waals surface area contributed by atoms with Crippen molar-refractivity contribution >= 4 is 6.01 Å². The van der Waals surface area contributed by atoms with Gasteiger partial charge in [0, 0.05) is 13.1 Å². The zero-order chi connectivity index (χ0) is 8.10. The van der Waals surface area contributed by atoms with E-state index in [4.69, 9.17) is 4.52 Å². The van der Waals surface area contributed by atoms with Gasteiger partial charge in [0.2, 0.25) is 0 Å². The molecule has 1 rings (SSSR count). The largest absolute Gasteiger partial charge is 0.336 e. The molecule has 5 heteroatoms. The number of rotatable bonds is 4. The Balaban J connectivity index is 2.14. The van der Waals surface area contributed by atoms with Gasteiger partial charge in [-0.25, -0.2) is 0 Å². The molecule has 0 fully saturated rings. The first-order valence-electron chi connectivity index (χ1n) is 3.44. The summed E-state index contributed by atoms with van der Waals surface area (Å²) in [4.78, 5) is 5.88. The van der Waals surface area contributed by atoms with E-state index in [9.17, 15) is 0 Å². The smallest absolute Gasteiger partial charge is 0.321 e. The summed E-state index contributed by atoms with van der Waals surface area (Å²) in [5.41, 5.74) is 0. The SMILES string of the molecule is CN(C)CCNc1ncno1. The first-order chi connectivity index (χ1) is 5.29. The lowest BCUT2D eigenvalue weighted by atomic mass is 10.6. The van der Waals surface area contributed by atoms with Gasteiger partial charge in [0.15, 0.2) is 6.33 Å². The molecule has 0 amide bonds. The first kappa shape index (κ1) is 8.00. The Labute approximate surface area is 65.4 Å². The van der Waals surface area contributed by atoms with Crippen molar-refractivity contribution in [3.05, 3.63) is 6.33 Å². The molecule has 0 saturated carbocycles. The molecule has 0 atom stereocenters. The van der Waals surface area contributed by atoms with E-state index in [0.717, 1.165) is 13.1 Å². The zero-order valence-corrected chi connectivity index (χ0v) is 6.74. The Hall–Kier alpha value is -1.10. The minimum atomic E-state index is 0.479. The summed E-state index contributed by atoms with van der Waals surface area (Å²) in [6.45, 7) is 1.76. The van der Waals surface area contributed by atoms with Crippen LogP contribution < -0.4 is 5.32 Å². The molecule has 1 heterocycles. The van der Waals surface area contributed by atoms with Gasteiger partial charge in [-0.1, -0.05) is 5.16 Å². The summed E-state index contributed by atoms with van der Waals surface area (Å²) < 4.78 is 4.72. The number of nitrogens with zero attached hydrogens (tertiary/aromatic N) is 3. The molecule has 0 spiro atoms. The van der Waals surface area contributed by atoms with Gasteiger partial charge in [0.1, 0.15) is 0 Å². The van der Waals surface area contributed by atoms with Gasteiger partial charge in [0.25, 0.3) is 0 Å². The van der Waals surface area contributed by atoms with E-state index in [1.807, 2.05) is 14.1 Å². The van der Waals surface area contributed by atoms with E-state index in [1.165, 1.54) is 6.33 Å². The number of nitrogens with one attached hydrogen (secondary N) is 1. The second-order valence-electron chi connectivity index (χ2n) is 2.48. The number of anilines is 1. The fourth-order valence-electron chi connectivity index (χ4n) is 0.637. The molecule has 0 bridgehead atoms. The summed E-state index contributed by atoms with van der Waals surface area (Å²) in [6, 6.07) is 0.479. The van der Waals surface area contributed by atoms with Gasteiger partial charge in [-0.05, 0) is 14.1 Å². The topological polar surface area (TPSA) is 54.2 Å². The fraction of sp³-hybridized carbons (Fsp3) is 0.667. The van der Waals surface area contributed by atoms with Crippen LogP contribution in [0, 0.1) is 0 Å². The molecule has 62 valence electrons. The molecule has 0 aliphatic rings. The highest BCUT2D eigenvalue weighted by atomic mass is 16.5. The highest BCUT2D eigenvalue weighted by Gasteiger charge is 1.95. The lowest BCUT2D eigenvalue weighted by Gasteiger charge is -2.07. The summed E-state index contributed by atoms with van der Waals surface area (Å²) in [5, 5.41) is 6.43. The van der Waals surface area contributed by atoms with Gasteiger partial charge in [0.05, 0.1) is 0 Å². The normalized spacial score (nSPS) is 10.5. The van der Waals surface area contributed by atoms with Crippen LogP contribution in [0.2, 0.25) is 0 Å². The Morgan fingerprint density at radius 2 is 2.45 bits per heavy atom. The van der Waals surface area contributed by atoms with Crippen molar-refractivity contribution < 1.29 is 4.52 Å². The molecule has 11 heavy (non-hydrogen) atoms. The maximum Gasteiger partial charge on any atom is 0.321 e. The summed E-state index contributed by atoms with van der Waals surface area (Å²) >= 11 is 0. The third kappa shape index (κ3) is 2.99. The van der Waals surface area contributed by atoms with Crippen molar-refractivity contribution in [2.75, 3.05) is 32.5 Å². The minimum absolute atomic E-state index is 0.479. The zero-order valence-electron chi connectivity index (χ0n) is 6.74. The van der Waals surface area contributed by atoms with Gasteiger partial charge in [-0.3, -0.25) is 0 Å². The summed E-state index contributed by atoms with van der Waals surface area (Å²) in [6.07, 6.45) is 1.37. The van der Waals surface area contributed by atoms with Crippen molar-refractivity contribution in [3.8, 4) is 0 Å². The highest BCUT2D eigenvalue weighted by molar-refractivity contribution is 5.15. The maximum atomic E-state index is 4.72. The highest BCUT2D eigenvalue weighted by Crippen LogP contribution is 1.95. The lowest BCUT2D eigenvalue weighted by molar-refractivity contribution is 0.409. The van der Waals surface area contributed by atoms with Crippen LogP contribution in [-0.4, -0.2) is 42.2 Å². The van der Waals surface area contributed by atoms with Crippen LogP contribution in [0.3, 0.4) is 0 Å². The molecule has 0 aromatic carbocycles. The number of likely N-dealkylation sites (N-methyl/N-ethyl adjacent to an activating group) is 1. The molecule has 0 unspecified atom stereocenters. The van der Waals surface area contributed by atoms with Crippen LogP contribution in [-0.2, 0) is 0 Å². The summed E-state index contributed by atoms with van der Waals surface area (Å²) in [7, 11) is 4.02. The average molecular weight is 156 g/mol. The van der Waals surface area contributed by atoms with E-state index in [2.05, 4.69) is 20.4 Å². The molecule has 0 saturated heterocycles. The molecule has 1 aromatic heterocycles. The Kier molecular flexibility index (Phi) is 2.85. The Bertz CT molecular complexity index is 184. The summed E-state index contributed by atoms with van der Waals surface area (Å²) in [5.74, 6) is 0. The second kappa shape index (κ2) is 3.92. The van der Waals surface area contributed by atoms with Crippen molar-refractivity contribution in [1.29, 1.82) is 0 Å². The Morgan fingerprint density at radius 3 is 3.00 bits per heavy atom. The predicted octanol–water partition coefficient (Wildman–Crippen LogP) is 0.0431. The fourth-order valence-corrected chi connectivity index (χ4v) is 0.637. The molecule has 0 radical (unpaired) electrons. The first-order valence-corrected chi connectivity index (χ1v) is 3.44. The van der Waals surface area contributed by atoms with Crippen LogP contribution in [0.15, 0.2) is 10.9 Å². The van der Waals surface area contributed by atoms with Gasteiger partial charge >= 0.3 is 6.01 Å². The molecule has 1 N–H and O–H groups in total. The minimum Gasteiger partial charge on any atom is -0.336 e. The molecule has 5 nitrogen and oxygen atoms in total. The standard InChI is InChI=1S/C6H12N4O/c1-10(2)4-3-7-6-8-5-9-11-6/h5H,3-4H2,1-2H3,(H,7,8,9). The van der Waals surface area contributed by atoms with E-state index in [1.54, 1.807) is 0 Å². The van der Waals surface area contributed by atoms with Crippen LogP contribution in [0.1, 0.15) is 0 Å². The maximum absolute atomic E-state index is 4.72. The molecule has 0 aliphatic carbocycles. The van der Waals surface area contributed by atoms with Crippen LogP contribution in [0.25, 0.3) is 0 Å². The van der Waals surface area contributed by atoms with Gasteiger partial charge < -0.3 is 14.7 Å². The third-order valence-corrected chi connectivity index (χ3v) is 1.20. The second-order valence-corrected chi connectivity index (χ2v) is 2.48. The van der Waals surface area contributed by atoms with Crippen molar-refractivity contribution in [2.45, 2.75) is 0 Å². The molecular formula is C6H12N4O. The average Bonchev–Trinajstić information content (AvgIpc) is 2.39. The Morgan fingerprint density at radius 1 is 1.64 bits per heavy atom. The van der Waals surface area contributed by atoms with E-state index < -0.39 is 0 Å². The lowest BCUT2D eigenvalue weighted by Crippen LogP contribution is -2.20.